The van der Waals surface area contributed by atoms with E-state index in [-0.39, 0.29) is 0 Å². The Bertz CT molecular complexity index is 528. The third-order valence-corrected chi connectivity index (χ3v) is 3.96. The van der Waals surface area contributed by atoms with E-state index in [0.717, 1.165) is 25.6 Å². The second kappa shape index (κ2) is 6.09. The zero-order valence-electron chi connectivity index (χ0n) is 12.0. The Kier molecular flexibility index (Phi) is 4.02. The van der Waals surface area contributed by atoms with Gasteiger partial charge in [-0.3, -0.25) is 4.57 Å². The number of piperidine rings is 1. The summed E-state index contributed by atoms with van der Waals surface area (Å²) in [7, 11) is 0. The highest BCUT2D eigenvalue weighted by molar-refractivity contribution is 5.44. The number of anilines is 1. The molecular formula is C16H22N4. The van der Waals surface area contributed by atoms with Gasteiger partial charge in [-0.25, -0.2) is 4.98 Å². The zero-order chi connectivity index (χ0) is 13.8. The Morgan fingerprint density at radius 2 is 2.20 bits per heavy atom. The molecule has 20 heavy (non-hydrogen) atoms. The highest BCUT2D eigenvalue weighted by Crippen LogP contribution is 2.22. The number of hydrogen-bond acceptors (Lipinski definition) is 3. The normalized spacial score (nSPS) is 18.9. The van der Waals surface area contributed by atoms with Crippen molar-refractivity contribution in [2.75, 3.05) is 24.5 Å². The van der Waals surface area contributed by atoms with Gasteiger partial charge < -0.3 is 10.2 Å². The zero-order valence-corrected chi connectivity index (χ0v) is 12.0. The van der Waals surface area contributed by atoms with Crippen LogP contribution in [0.1, 0.15) is 19.8 Å². The summed E-state index contributed by atoms with van der Waals surface area (Å²) in [5, 5.41) is 3.49. The lowest BCUT2D eigenvalue weighted by molar-refractivity contribution is 0.430. The molecule has 106 valence electrons. The van der Waals surface area contributed by atoms with Crippen molar-refractivity contribution in [3.05, 3.63) is 42.7 Å². The van der Waals surface area contributed by atoms with E-state index in [2.05, 4.69) is 51.0 Å². The van der Waals surface area contributed by atoms with Crippen LogP contribution in [0, 0.1) is 0 Å². The maximum Gasteiger partial charge on any atom is 0.210 e. The molecule has 1 unspecified atom stereocenters. The van der Waals surface area contributed by atoms with Gasteiger partial charge in [-0.1, -0.05) is 18.2 Å². The first kappa shape index (κ1) is 13.2. The fourth-order valence-electron chi connectivity index (χ4n) is 2.96. The molecule has 2 heterocycles. The molecule has 4 heteroatoms. The van der Waals surface area contributed by atoms with Gasteiger partial charge in [0.05, 0.1) is 0 Å². The molecule has 1 aromatic carbocycles. The SMILES string of the molecule is CCN(c1nccn1-c1ccccc1)C1CCCNC1. The molecule has 1 aliphatic rings. The summed E-state index contributed by atoms with van der Waals surface area (Å²) in [4.78, 5) is 7.02. The van der Waals surface area contributed by atoms with Crippen LogP contribution in [0.25, 0.3) is 5.69 Å². The fraction of sp³-hybridized carbons (Fsp3) is 0.438. The molecule has 1 atom stereocenters. The molecule has 1 N–H and O–H groups in total. The van der Waals surface area contributed by atoms with Crippen LogP contribution in [0.5, 0.6) is 0 Å². The van der Waals surface area contributed by atoms with Crippen LogP contribution in [0.2, 0.25) is 0 Å². The van der Waals surface area contributed by atoms with Crippen LogP contribution in [0.15, 0.2) is 42.7 Å². The number of rotatable bonds is 4. The first-order valence-corrected chi connectivity index (χ1v) is 7.46. The van der Waals surface area contributed by atoms with E-state index >= 15 is 0 Å². The minimum Gasteiger partial charge on any atom is -0.338 e. The number of aromatic nitrogens is 2. The van der Waals surface area contributed by atoms with Crippen LogP contribution >= 0.6 is 0 Å². The molecule has 1 fully saturated rings. The summed E-state index contributed by atoms with van der Waals surface area (Å²) in [6, 6.07) is 11.0. The number of hydrogen-bond donors (Lipinski definition) is 1. The third kappa shape index (κ3) is 2.56. The molecule has 3 rings (SSSR count). The van der Waals surface area contributed by atoms with Gasteiger partial charge in [0, 0.05) is 37.2 Å². The first-order valence-electron chi connectivity index (χ1n) is 7.46. The monoisotopic (exact) mass is 270 g/mol. The van der Waals surface area contributed by atoms with Crippen molar-refractivity contribution in [1.82, 2.24) is 14.9 Å². The lowest BCUT2D eigenvalue weighted by Crippen LogP contribution is -2.47. The first-order chi connectivity index (χ1) is 9.90. The van der Waals surface area contributed by atoms with Crippen LogP contribution < -0.4 is 10.2 Å². The number of para-hydroxylation sites is 1. The Balaban J connectivity index is 1.91. The van der Waals surface area contributed by atoms with Crippen molar-refractivity contribution in [2.24, 2.45) is 0 Å². The number of benzene rings is 1. The van der Waals surface area contributed by atoms with Crippen molar-refractivity contribution < 1.29 is 0 Å². The van der Waals surface area contributed by atoms with Crippen LogP contribution in [-0.4, -0.2) is 35.2 Å². The van der Waals surface area contributed by atoms with E-state index in [1.54, 1.807) is 0 Å². The summed E-state index contributed by atoms with van der Waals surface area (Å²) in [5.41, 5.74) is 1.17. The molecule has 1 aromatic heterocycles. The fourth-order valence-corrected chi connectivity index (χ4v) is 2.96. The molecule has 0 bridgehead atoms. The lowest BCUT2D eigenvalue weighted by atomic mass is 10.1. The third-order valence-electron chi connectivity index (χ3n) is 3.96. The Morgan fingerprint density at radius 1 is 1.35 bits per heavy atom. The molecule has 1 aliphatic heterocycles. The summed E-state index contributed by atoms with van der Waals surface area (Å²) in [6.45, 7) is 5.38. The second-order valence-electron chi connectivity index (χ2n) is 5.22. The highest BCUT2D eigenvalue weighted by atomic mass is 15.3. The van der Waals surface area contributed by atoms with Crippen LogP contribution in [0.3, 0.4) is 0 Å². The molecule has 0 spiro atoms. The van der Waals surface area contributed by atoms with Crippen LogP contribution in [-0.2, 0) is 0 Å². The highest BCUT2D eigenvalue weighted by Gasteiger charge is 2.23. The van der Waals surface area contributed by atoms with E-state index in [9.17, 15) is 0 Å². The maximum atomic E-state index is 4.60. The largest absolute Gasteiger partial charge is 0.338 e. The van der Waals surface area contributed by atoms with Gasteiger partial charge in [-0.2, -0.15) is 0 Å². The van der Waals surface area contributed by atoms with Crippen molar-refractivity contribution in [2.45, 2.75) is 25.8 Å². The van der Waals surface area contributed by atoms with E-state index in [0.29, 0.717) is 6.04 Å². The summed E-state index contributed by atoms with van der Waals surface area (Å²) >= 11 is 0. The molecule has 0 aliphatic carbocycles. The Hall–Kier alpha value is -1.81. The minimum absolute atomic E-state index is 0.540. The van der Waals surface area contributed by atoms with Crippen LogP contribution in [0.4, 0.5) is 5.95 Å². The predicted octanol–water partition coefficient (Wildman–Crippen LogP) is 2.45. The van der Waals surface area contributed by atoms with E-state index < -0.39 is 0 Å². The average molecular weight is 270 g/mol. The van der Waals surface area contributed by atoms with Crippen molar-refractivity contribution in [3.8, 4) is 5.69 Å². The van der Waals surface area contributed by atoms with E-state index in [1.165, 1.54) is 18.5 Å². The molecular weight excluding hydrogens is 248 g/mol. The van der Waals surface area contributed by atoms with Crippen molar-refractivity contribution >= 4 is 5.95 Å². The van der Waals surface area contributed by atoms with Gasteiger partial charge in [0.25, 0.3) is 0 Å². The predicted molar refractivity (Wildman–Crippen MR) is 82.5 cm³/mol. The van der Waals surface area contributed by atoms with Gasteiger partial charge in [-0.05, 0) is 38.4 Å². The summed E-state index contributed by atoms with van der Waals surface area (Å²) < 4.78 is 2.18. The van der Waals surface area contributed by atoms with Gasteiger partial charge in [0.2, 0.25) is 5.95 Å². The second-order valence-corrected chi connectivity index (χ2v) is 5.22. The maximum absolute atomic E-state index is 4.60. The number of nitrogens with zero attached hydrogens (tertiary/aromatic N) is 3. The number of nitrogens with one attached hydrogen (secondary N) is 1. The van der Waals surface area contributed by atoms with Gasteiger partial charge in [0.15, 0.2) is 0 Å². The molecule has 0 saturated carbocycles. The van der Waals surface area contributed by atoms with E-state index in [1.807, 2.05) is 18.5 Å². The van der Waals surface area contributed by atoms with Crippen molar-refractivity contribution in [3.63, 3.8) is 0 Å². The standard InChI is InChI=1S/C16H22N4/c1-2-19(15-9-6-10-17-13-15)16-18-11-12-20(16)14-7-4-3-5-8-14/h3-5,7-8,11-12,15,17H,2,6,9-10,13H2,1H3. The smallest absolute Gasteiger partial charge is 0.210 e. The molecule has 0 radical (unpaired) electrons. The molecule has 4 nitrogen and oxygen atoms in total. The lowest BCUT2D eigenvalue weighted by Gasteiger charge is -2.35. The topological polar surface area (TPSA) is 33.1 Å². The van der Waals surface area contributed by atoms with Gasteiger partial charge in [-0.15, -0.1) is 0 Å². The average Bonchev–Trinajstić information content (AvgIpc) is 2.99. The van der Waals surface area contributed by atoms with Gasteiger partial charge >= 0.3 is 0 Å². The van der Waals surface area contributed by atoms with E-state index in [4.69, 9.17) is 0 Å². The van der Waals surface area contributed by atoms with Crippen molar-refractivity contribution in [1.29, 1.82) is 0 Å². The molecule has 2 aromatic rings. The minimum atomic E-state index is 0.540. The number of imidazole rings is 1. The summed E-state index contributed by atoms with van der Waals surface area (Å²) in [5.74, 6) is 1.05. The quantitative estimate of drug-likeness (QED) is 0.926. The Labute approximate surface area is 120 Å². The summed E-state index contributed by atoms with van der Waals surface area (Å²) in [6.07, 6.45) is 6.42. The Morgan fingerprint density at radius 3 is 2.90 bits per heavy atom. The number of likely N-dealkylation sites (N-methyl/N-ethyl adjacent to an activating group) is 1. The molecule has 1 saturated heterocycles. The van der Waals surface area contributed by atoms with Gasteiger partial charge in [0.1, 0.15) is 0 Å². The molecule has 0 amide bonds.